The fourth-order valence-corrected chi connectivity index (χ4v) is 1.94. The highest BCUT2D eigenvalue weighted by molar-refractivity contribution is 5.75. The second-order valence-electron chi connectivity index (χ2n) is 6.31. The van der Waals surface area contributed by atoms with Gasteiger partial charge in [0.25, 0.3) is 0 Å². The number of hydrogen-bond acceptors (Lipinski definition) is 3. The van der Waals surface area contributed by atoms with Crippen molar-refractivity contribution in [1.29, 1.82) is 0 Å². The number of aryl methyl sites for hydroxylation is 1. The van der Waals surface area contributed by atoms with E-state index in [0.29, 0.717) is 13.0 Å². The molecule has 0 fully saturated rings. The smallest absolute Gasteiger partial charge is 0.220 e. The van der Waals surface area contributed by atoms with E-state index < -0.39 is 0 Å². The largest absolute Gasteiger partial charge is 0.488 e. The van der Waals surface area contributed by atoms with Crippen LogP contribution in [0.2, 0.25) is 0 Å². The molecule has 1 aromatic carbocycles. The summed E-state index contributed by atoms with van der Waals surface area (Å²) in [7, 11) is 1.89. The van der Waals surface area contributed by atoms with E-state index in [9.17, 15) is 4.79 Å². The predicted molar refractivity (Wildman–Crippen MR) is 86.6 cm³/mol. The van der Waals surface area contributed by atoms with Gasteiger partial charge in [-0.25, -0.2) is 0 Å². The minimum Gasteiger partial charge on any atom is -0.488 e. The normalized spacial score (nSPS) is 11.3. The molecule has 0 radical (unpaired) electrons. The summed E-state index contributed by atoms with van der Waals surface area (Å²) in [4.78, 5) is 11.8. The molecule has 1 aromatic rings. The third kappa shape index (κ3) is 7.14. The minimum atomic E-state index is -0.251. The molecule has 0 saturated carbocycles. The van der Waals surface area contributed by atoms with Crippen molar-refractivity contribution in [1.82, 2.24) is 10.6 Å². The number of ether oxygens (including phenoxy) is 1. The summed E-state index contributed by atoms with van der Waals surface area (Å²) in [5.74, 6) is 0.922. The Kier molecular flexibility index (Phi) is 6.69. The average molecular weight is 292 g/mol. The van der Waals surface area contributed by atoms with Crippen molar-refractivity contribution in [2.75, 3.05) is 13.6 Å². The van der Waals surface area contributed by atoms with E-state index in [2.05, 4.69) is 10.6 Å². The molecule has 0 aromatic heterocycles. The average Bonchev–Trinajstić information content (AvgIpc) is 2.36. The van der Waals surface area contributed by atoms with E-state index in [1.54, 1.807) is 0 Å². The second kappa shape index (κ2) is 8.03. The molecule has 0 bridgehead atoms. The highest BCUT2D eigenvalue weighted by Crippen LogP contribution is 2.24. The number of carbonyl (C=O) groups is 1. The molecule has 21 heavy (non-hydrogen) atoms. The van der Waals surface area contributed by atoms with Crippen LogP contribution in [0.15, 0.2) is 18.2 Å². The number of benzene rings is 1. The Morgan fingerprint density at radius 3 is 2.62 bits per heavy atom. The Morgan fingerprint density at radius 1 is 1.29 bits per heavy atom. The summed E-state index contributed by atoms with van der Waals surface area (Å²) in [6.07, 6.45) is 1.39. The zero-order valence-corrected chi connectivity index (χ0v) is 13.9. The number of carbonyl (C=O) groups excluding carboxylic acids is 1. The number of nitrogens with one attached hydrogen (secondary N) is 2. The SMILES string of the molecule is CNCCCC(=O)NCc1ccc(C)cc1OC(C)(C)C. The molecule has 0 saturated heterocycles. The quantitative estimate of drug-likeness (QED) is 0.760. The van der Waals surface area contributed by atoms with Gasteiger partial charge in [-0.15, -0.1) is 0 Å². The maximum absolute atomic E-state index is 11.8. The molecule has 1 rings (SSSR count). The molecule has 0 atom stereocenters. The van der Waals surface area contributed by atoms with Crippen molar-refractivity contribution in [3.8, 4) is 5.75 Å². The molecule has 2 N–H and O–H groups in total. The third-order valence-corrected chi connectivity index (χ3v) is 2.95. The molecular formula is C17H28N2O2. The summed E-state index contributed by atoms with van der Waals surface area (Å²) in [5, 5.41) is 5.99. The number of amides is 1. The molecular weight excluding hydrogens is 264 g/mol. The Bertz CT molecular complexity index is 464. The lowest BCUT2D eigenvalue weighted by Gasteiger charge is -2.23. The summed E-state index contributed by atoms with van der Waals surface area (Å²) >= 11 is 0. The highest BCUT2D eigenvalue weighted by Gasteiger charge is 2.15. The molecule has 0 aliphatic carbocycles. The molecule has 0 aliphatic heterocycles. The lowest BCUT2D eigenvalue weighted by Crippen LogP contribution is -2.26. The van der Waals surface area contributed by atoms with Crippen molar-refractivity contribution in [2.24, 2.45) is 0 Å². The van der Waals surface area contributed by atoms with Crippen LogP contribution in [0.5, 0.6) is 5.75 Å². The highest BCUT2D eigenvalue weighted by atomic mass is 16.5. The van der Waals surface area contributed by atoms with Crippen LogP contribution >= 0.6 is 0 Å². The second-order valence-corrected chi connectivity index (χ2v) is 6.31. The molecule has 1 amide bonds. The van der Waals surface area contributed by atoms with E-state index in [1.165, 1.54) is 0 Å². The van der Waals surface area contributed by atoms with Crippen molar-refractivity contribution in [3.63, 3.8) is 0 Å². The van der Waals surface area contributed by atoms with Crippen molar-refractivity contribution in [2.45, 2.75) is 52.7 Å². The van der Waals surface area contributed by atoms with Gasteiger partial charge in [-0.1, -0.05) is 12.1 Å². The van der Waals surface area contributed by atoms with Crippen molar-refractivity contribution in [3.05, 3.63) is 29.3 Å². The maximum atomic E-state index is 11.8. The first kappa shape index (κ1) is 17.5. The van der Waals surface area contributed by atoms with Crippen LogP contribution < -0.4 is 15.4 Å². The van der Waals surface area contributed by atoms with Gasteiger partial charge < -0.3 is 15.4 Å². The fourth-order valence-electron chi connectivity index (χ4n) is 1.94. The van der Waals surface area contributed by atoms with Gasteiger partial charge in [-0.2, -0.15) is 0 Å². The third-order valence-electron chi connectivity index (χ3n) is 2.95. The Balaban J connectivity index is 2.63. The van der Waals surface area contributed by atoms with Gasteiger partial charge in [0.15, 0.2) is 0 Å². The van der Waals surface area contributed by atoms with Crippen LogP contribution in [0.3, 0.4) is 0 Å². The summed E-state index contributed by atoms with van der Waals surface area (Å²) in [5.41, 5.74) is 1.91. The van der Waals surface area contributed by atoms with Crippen LogP contribution in [0, 0.1) is 6.92 Å². The van der Waals surface area contributed by atoms with Crippen LogP contribution in [-0.4, -0.2) is 25.1 Å². The van der Waals surface area contributed by atoms with E-state index in [1.807, 2.05) is 52.9 Å². The first-order valence-electron chi connectivity index (χ1n) is 7.51. The summed E-state index contributed by atoms with van der Waals surface area (Å²) in [6, 6.07) is 6.08. The van der Waals surface area contributed by atoms with E-state index in [0.717, 1.165) is 29.8 Å². The van der Waals surface area contributed by atoms with Gasteiger partial charge >= 0.3 is 0 Å². The monoisotopic (exact) mass is 292 g/mol. The fraction of sp³-hybridized carbons (Fsp3) is 0.588. The Labute approximate surface area is 128 Å². The maximum Gasteiger partial charge on any atom is 0.220 e. The van der Waals surface area contributed by atoms with Crippen LogP contribution in [-0.2, 0) is 11.3 Å². The van der Waals surface area contributed by atoms with Gasteiger partial charge in [0.05, 0.1) is 0 Å². The summed E-state index contributed by atoms with van der Waals surface area (Å²) < 4.78 is 5.98. The molecule has 0 aliphatic rings. The molecule has 118 valence electrons. The Hall–Kier alpha value is -1.55. The van der Waals surface area contributed by atoms with Crippen LogP contribution in [0.4, 0.5) is 0 Å². The van der Waals surface area contributed by atoms with Crippen molar-refractivity contribution >= 4 is 5.91 Å². The van der Waals surface area contributed by atoms with E-state index >= 15 is 0 Å². The van der Waals surface area contributed by atoms with E-state index in [-0.39, 0.29) is 11.5 Å². The molecule has 0 unspecified atom stereocenters. The van der Waals surface area contributed by atoms with Gasteiger partial charge in [-0.3, -0.25) is 4.79 Å². The zero-order chi connectivity index (χ0) is 15.9. The van der Waals surface area contributed by atoms with Crippen LogP contribution in [0.1, 0.15) is 44.7 Å². The number of hydrogen-bond donors (Lipinski definition) is 2. The van der Waals surface area contributed by atoms with Gasteiger partial charge in [0.1, 0.15) is 11.4 Å². The molecule has 4 heteroatoms. The summed E-state index contributed by atoms with van der Waals surface area (Å²) in [6.45, 7) is 9.47. The number of rotatable bonds is 7. The van der Waals surface area contributed by atoms with Gasteiger partial charge in [0.2, 0.25) is 5.91 Å². The molecule has 0 spiro atoms. The first-order chi connectivity index (χ1) is 9.81. The molecule has 4 nitrogen and oxygen atoms in total. The lowest BCUT2D eigenvalue weighted by atomic mass is 10.1. The van der Waals surface area contributed by atoms with Crippen molar-refractivity contribution < 1.29 is 9.53 Å². The zero-order valence-electron chi connectivity index (χ0n) is 13.9. The predicted octanol–water partition coefficient (Wildman–Crippen LogP) is 2.79. The minimum absolute atomic E-state index is 0.0764. The topological polar surface area (TPSA) is 50.4 Å². The molecule has 0 heterocycles. The van der Waals surface area contributed by atoms with Gasteiger partial charge in [0, 0.05) is 18.5 Å². The first-order valence-corrected chi connectivity index (χ1v) is 7.51. The van der Waals surface area contributed by atoms with E-state index in [4.69, 9.17) is 4.74 Å². The van der Waals surface area contributed by atoms with Gasteiger partial charge in [-0.05, 0) is 59.3 Å². The lowest BCUT2D eigenvalue weighted by molar-refractivity contribution is -0.121. The van der Waals surface area contributed by atoms with Crippen LogP contribution in [0.25, 0.3) is 0 Å². The standard InChI is InChI=1S/C17H28N2O2/c1-13-8-9-14(15(11-13)21-17(2,3)4)12-19-16(20)7-6-10-18-5/h8-9,11,18H,6-7,10,12H2,1-5H3,(H,19,20). The Morgan fingerprint density at radius 2 is 2.00 bits per heavy atom.